The van der Waals surface area contributed by atoms with Gasteiger partial charge in [-0.05, 0) is 55.8 Å². The molecule has 0 bridgehead atoms. The molecule has 2 amide bonds. The van der Waals surface area contributed by atoms with E-state index in [0.717, 1.165) is 11.2 Å². The number of hydrogen-bond donors (Lipinski definition) is 2. The summed E-state index contributed by atoms with van der Waals surface area (Å²) in [6.45, 7) is 3.71. The number of carbonyl (C=O) groups excluding carboxylic acids is 2. The van der Waals surface area contributed by atoms with Gasteiger partial charge in [-0.1, -0.05) is 5.16 Å². The number of ketones is 1. The fourth-order valence-electron chi connectivity index (χ4n) is 2.81. The van der Waals surface area contributed by atoms with Gasteiger partial charge in [-0.3, -0.25) is 14.5 Å². The second kappa shape index (κ2) is 6.99. The molecule has 0 fully saturated rings. The van der Waals surface area contributed by atoms with E-state index in [4.69, 9.17) is 4.52 Å². The highest BCUT2D eigenvalue weighted by atomic mass is 16.5. The molecule has 4 rings (SSSR count). The van der Waals surface area contributed by atoms with Gasteiger partial charge in [0.15, 0.2) is 5.82 Å². The van der Waals surface area contributed by atoms with Gasteiger partial charge in [-0.25, -0.2) is 9.78 Å². The van der Waals surface area contributed by atoms with Crippen molar-refractivity contribution in [1.29, 1.82) is 0 Å². The zero-order chi connectivity index (χ0) is 19.7. The van der Waals surface area contributed by atoms with E-state index < -0.39 is 6.03 Å². The summed E-state index contributed by atoms with van der Waals surface area (Å²) in [6, 6.07) is 11.6. The number of nitrogens with one attached hydrogen (secondary N) is 2. The zero-order valence-electron chi connectivity index (χ0n) is 15.3. The number of aromatic nitrogens is 3. The summed E-state index contributed by atoms with van der Waals surface area (Å²) in [6.07, 6.45) is 3.40. The maximum atomic E-state index is 12.8. The molecule has 140 valence electrons. The number of aryl methyl sites for hydroxylation is 2. The zero-order valence-corrected chi connectivity index (χ0v) is 15.3. The van der Waals surface area contributed by atoms with Crippen LogP contribution < -0.4 is 10.6 Å². The lowest BCUT2D eigenvalue weighted by Gasteiger charge is -2.06. The molecule has 0 saturated heterocycles. The van der Waals surface area contributed by atoms with E-state index in [9.17, 15) is 9.59 Å². The Labute approximate surface area is 160 Å². The molecule has 3 aromatic heterocycles. The summed E-state index contributed by atoms with van der Waals surface area (Å²) in [5.41, 5.74) is 3.33. The highest BCUT2D eigenvalue weighted by molar-refractivity contribution is 6.08. The Bertz CT molecular complexity index is 1170. The molecule has 1 aromatic carbocycles. The Morgan fingerprint density at radius 1 is 1.04 bits per heavy atom. The largest absolute Gasteiger partial charge is 0.360 e. The number of fused-ring (bicyclic) bond motifs is 1. The average Bonchev–Trinajstić information content (AvgIpc) is 3.27. The minimum atomic E-state index is -0.454. The summed E-state index contributed by atoms with van der Waals surface area (Å²) in [5, 5.41) is 8.93. The van der Waals surface area contributed by atoms with Crippen LogP contribution in [0.2, 0.25) is 0 Å². The Morgan fingerprint density at radius 3 is 2.54 bits per heavy atom. The third-order valence-electron chi connectivity index (χ3n) is 4.18. The third-order valence-corrected chi connectivity index (χ3v) is 4.18. The lowest BCUT2D eigenvalue weighted by Crippen LogP contribution is -2.19. The first kappa shape index (κ1) is 17.5. The van der Waals surface area contributed by atoms with Crippen molar-refractivity contribution in [3.8, 4) is 0 Å². The van der Waals surface area contributed by atoms with Crippen molar-refractivity contribution in [2.45, 2.75) is 13.8 Å². The van der Waals surface area contributed by atoms with Crippen LogP contribution in [0, 0.1) is 13.8 Å². The van der Waals surface area contributed by atoms with Crippen LogP contribution in [-0.4, -0.2) is 26.4 Å². The monoisotopic (exact) mass is 375 g/mol. The Hall–Kier alpha value is -3.94. The molecule has 3 heterocycles. The Kier molecular flexibility index (Phi) is 4.36. The molecule has 2 N–H and O–H groups in total. The normalized spacial score (nSPS) is 10.8. The minimum absolute atomic E-state index is 0.148. The van der Waals surface area contributed by atoms with Gasteiger partial charge >= 0.3 is 6.03 Å². The van der Waals surface area contributed by atoms with Crippen LogP contribution in [0.25, 0.3) is 5.65 Å². The van der Waals surface area contributed by atoms with Gasteiger partial charge in [0.05, 0.1) is 6.20 Å². The van der Waals surface area contributed by atoms with Gasteiger partial charge in [0, 0.05) is 23.5 Å². The lowest BCUT2D eigenvalue weighted by atomic mass is 10.1. The predicted molar refractivity (Wildman–Crippen MR) is 104 cm³/mol. The van der Waals surface area contributed by atoms with Crippen LogP contribution in [0.15, 0.2) is 59.4 Å². The topological polar surface area (TPSA) is 102 Å². The number of imidazole rings is 1. The molecular formula is C20H17N5O3. The van der Waals surface area contributed by atoms with E-state index in [1.165, 1.54) is 0 Å². The number of amides is 2. The molecule has 0 atom stereocenters. The van der Waals surface area contributed by atoms with Crippen molar-refractivity contribution < 1.29 is 14.1 Å². The second-order valence-electron chi connectivity index (χ2n) is 6.38. The lowest BCUT2D eigenvalue weighted by molar-refractivity contribution is 0.103. The van der Waals surface area contributed by atoms with Crippen LogP contribution in [0.4, 0.5) is 16.3 Å². The maximum absolute atomic E-state index is 12.8. The standard InChI is InChI=1S/C20H17N5O3/c1-12-7-8-25-16(11-21-18(25)9-12)19(26)14-3-5-15(6-4-14)22-20(27)23-17-10-13(2)28-24-17/h3-11H,1-2H3,(H2,22,23,24,27). The number of nitrogens with zero attached hydrogens (tertiary/aromatic N) is 3. The van der Waals surface area contributed by atoms with Crippen LogP contribution in [0.1, 0.15) is 27.4 Å². The van der Waals surface area contributed by atoms with Crippen molar-refractivity contribution in [1.82, 2.24) is 14.5 Å². The molecule has 0 aliphatic heterocycles. The molecular weight excluding hydrogens is 358 g/mol. The summed E-state index contributed by atoms with van der Waals surface area (Å²) in [5.74, 6) is 0.774. The van der Waals surface area contributed by atoms with E-state index in [-0.39, 0.29) is 5.78 Å². The molecule has 0 spiro atoms. The summed E-state index contributed by atoms with van der Waals surface area (Å²) in [4.78, 5) is 29.1. The van der Waals surface area contributed by atoms with Gasteiger partial charge in [0.1, 0.15) is 17.1 Å². The van der Waals surface area contributed by atoms with Crippen molar-refractivity contribution in [2.75, 3.05) is 10.6 Å². The van der Waals surface area contributed by atoms with E-state index in [2.05, 4.69) is 20.8 Å². The minimum Gasteiger partial charge on any atom is -0.360 e. The van der Waals surface area contributed by atoms with Crippen LogP contribution >= 0.6 is 0 Å². The van der Waals surface area contributed by atoms with Crippen molar-refractivity contribution in [3.63, 3.8) is 0 Å². The number of rotatable bonds is 4. The molecule has 28 heavy (non-hydrogen) atoms. The maximum Gasteiger partial charge on any atom is 0.324 e. The van der Waals surface area contributed by atoms with Crippen molar-refractivity contribution in [3.05, 3.63) is 77.4 Å². The summed E-state index contributed by atoms with van der Waals surface area (Å²) in [7, 11) is 0. The second-order valence-corrected chi connectivity index (χ2v) is 6.38. The van der Waals surface area contributed by atoms with E-state index in [0.29, 0.717) is 28.5 Å². The quantitative estimate of drug-likeness (QED) is 0.528. The van der Waals surface area contributed by atoms with Gasteiger partial charge in [0.25, 0.3) is 0 Å². The Balaban J connectivity index is 1.47. The van der Waals surface area contributed by atoms with Gasteiger partial charge < -0.3 is 9.84 Å². The van der Waals surface area contributed by atoms with E-state index in [1.807, 2.05) is 25.3 Å². The number of carbonyl (C=O) groups is 2. The van der Waals surface area contributed by atoms with Crippen molar-refractivity contribution >= 4 is 29.0 Å². The summed E-state index contributed by atoms with van der Waals surface area (Å²) >= 11 is 0. The molecule has 8 nitrogen and oxygen atoms in total. The highest BCUT2D eigenvalue weighted by Crippen LogP contribution is 2.16. The molecule has 8 heteroatoms. The smallest absolute Gasteiger partial charge is 0.324 e. The molecule has 0 unspecified atom stereocenters. The molecule has 0 aliphatic rings. The SMILES string of the molecule is Cc1ccn2c(C(=O)c3ccc(NC(=O)Nc4cc(C)on4)cc3)cnc2c1. The highest BCUT2D eigenvalue weighted by Gasteiger charge is 2.15. The number of pyridine rings is 1. The van der Waals surface area contributed by atoms with Gasteiger partial charge in [-0.15, -0.1) is 0 Å². The number of anilines is 2. The third kappa shape index (κ3) is 3.48. The van der Waals surface area contributed by atoms with Gasteiger partial charge in [0.2, 0.25) is 5.78 Å². The van der Waals surface area contributed by atoms with Crippen LogP contribution in [0.5, 0.6) is 0 Å². The molecule has 0 aliphatic carbocycles. The van der Waals surface area contributed by atoms with Crippen LogP contribution in [0.3, 0.4) is 0 Å². The fourth-order valence-corrected chi connectivity index (χ4v) is 2.81. The Morgan fingerprint density at radius 2 is 1.82 bits per heavy atom. The number of urea groups is 1. The first-order valence-corrected chi connectivity index (χ1v) is 8.59. The predicted octanol–water partition coefficient (Wildman–Crippen LogP) is 3.81. The average molecular weight is 375 g/mol. The molecule has 0 radical (unpaired) electrons. The molecule has 0 saturated carbocycles. The van der Waals surface area contributed by atoms with E-state index >= 15 is 0 Å². The number of hydrogen-bond acceptors (Lipinski definition) is 5. The van der Waals surface area contributed by atoms with E-state index in [1.54, 1.807) is 47.9 Å². The first-order valence-electron chi connectivity index (χ1n) is 8.59. The molecule has 4 aromatic rings. The fraction of sp³-hybridized carbons (Fsp3) is 0.100. The van der Waals surface area contributed by atoms with Gasteiger partial charge in [-0.2, -0.15) is 0 Å². The van der Waals surface area contributed by atoms with Crippen molar-refractivity contribution in [2.24, 2.45) is 0 Å². The number of benzene rings is 1. The summed E-state index contributed by atoms with van der Waals surface area (Å²) < 4.78 is 6.65. The first-order chi connectivity index (χ1) is 13.5. The van der Waals surface area contributed by atoms with Crippen LogP contribution in [-0.2, 0) is 0 Å².